The molecule has 0 aliphatic heterocycles. The van der Waals surface area contributed by atoms with E-state index < -0.39 is 0 Å². The van der Waals surface area contributed by atoms with E-state index in [2.05, 4.69) is 13.8 Å². The van der Waals surface area contributed by atoms with Gasteiger partial charge in [-0.1, -0.05) is 32.1 Å². The molecule has 0 saturated heterocycles. The monoisotopic (exact) mass is 255 g/mol. The second-order valence-electron chi connectivity index (χ2n) is 5.74. The van der Waals surface area contributed by atoms with Gasteiger partial charge in [0.05, 0.1) is 0 Å². The van der Waals surface area contributed by atoms with Crippen LogP contribution in [0.25, 0.3) is 0 Å². The first-order valence-corrected chi connectivity index (χ1v) is 7.58. The molecule has 0 heterocycles. The molecular weight excluding hydrogens is 226 g/mol. The van der Waals surface area contributed by atoms with E-state index in [1.54, 1.807) is 0 Å². The summed E-state index contributed by atoms with van der Waals surface area (Å²) in [4.78, 5) is 14.5. The Morgan fingerprint density at radius 1 is 1.17 bits per heavy atom. The maximum absolute atomic E-state index is 12.6. The second-order valence-corrected chi connectivity index (χ2v) is 5.74. The summed E-state index contributed by atoms with van der Waals surface area (Å²) in [7, 11) is 0. The van der Waals surface area contributed by atoms with Crippen LogP contribution in [-0.4, -0.2) is 35.1 Å². The number of hydrogen-bond acceptors (Lipinski definition) is 2. The van der Waals surface area contributed by atoms with E-state index >= 15 is 0 Å². The zero-order valence-electron chi connectivity index (χ0n) is 12.0. The molecule has 0 unspecified atom stereocenters. The third-order valence-electron chi connectivity index (χ3n) is 3.92. The number of nitrogens with zero attached hydrogens (tertiary/aromatic N) is 1. The summed E-state index contributed by atoms with van der Waals surface area (Å²) in [5, 5.41) is 8.93. The standard InChI is InChI=1S/C15H29NO2/c1-13(2)16(11-8-12-17)15(18)14-9-6-4-3-5-7-10-14/h13-14,17H,3-12H2,1-2H3. The summed E-state index contributed by atoms with van der Waals surface area (Å²) in [6.45, 7) is 5.00. The van der Waals surface area contributed by atoms with Gasteiger partial charge in [-0.2, -0.15) is 0 Å². The Bertz CT molecular complexity index is 233. The Morgan fingerprint density at radius 3 is 2.22 bits per heavy atom. The third kappa shape index (κ3) is 4.97. The van der Waals surface area contributed by atoms with E-state index in [1.807, 2.05) is 4.90 Å². The summed E-state index contributed by atoms with van der Waals surface area (Å²) in [6, 6.07) is 0.245. The number of rotatable bonds is 5. The lowest BCUT2D eigenvalue weighted by atomic mass is 9.90. The Labute approximate surface area is 112 Å². The van der Waals surface area contributed by atoms with Crippen LogP contribution >= 0.6 is 0 Å². The molecule has 1 aliphatic carbocycles. The highest BCUT2D eigenvalue weighted by Gasteiger charge is 2.25. The van der Waals surface area contributed by atoms with Crippen molar-refractivity contribution in [2.75, 3.05) is 13.2 Å². The van der Waals surface area contributed by atoms with Crippen LogP contribution in [0.2, 0.25) is 0 Å². The largest absolute Gasteiger partial charge is 0.396 e. The lowest BCUT2D eigenvalue weighted by molar-refractivity contribution is -0.138. The zero-order valence-corrected chi connectivity index (χ0v) is 12.0. The Balaban J connectivity index is 2.55. The van der Waals surface area contributed by atoms with Crippen LogP contribution in [0.15, 0.2) is 0 Å². The Morgan fingerprint density at radius 2 is 1.72 bits per heavy atom. The molecule has 1 aliphatic rings. The number of aliphatic hydroxyl groups excluding tert-OH is 1. The summed E-state index contributed by atoms with van der Waals surface area (Å²) in [5.74, 6) is 0.548. The topological polar surface area (TPSA) is 40.5 Å². The number of hydrogen-bond donors (Lipinski definition) is 1. The smallest absolute Gasteiger partial charge is 0.225 e. The molecule has 0 aromatic rings. The Kier molecular flexibility index (Phi) is 7.33. The summed E-state index contributed by atoms with van der Waals surface area (Å²) in [6.07, 6.45) is 9.09. The van der Waals surface area contributed by atoms with Gasteiger partial charge in [-0.05, 0) is 33.1 Å². The van der Waals surface area contributed by atoms with Crippen LogP contribution < -0.4 is 0 Å². The number of aliphatic hydroxyl groups is 1. The summed E-state index contributed by atoms with van der Waals surface area (Å²) < 4.78 is 0. The van der Waals surface area contributed by atoms with Gasteiger partial charge in [0.15, 0.2) is 0 Å². The van der Waals surface area contributed by atoms with Gasteiger partial charge in [-0.3, -0.25) is 4.79 Å². The minimum atomic E-state index is 0.168. The lowest BCUT2D eigenvalue weighted by Crippen LogP contribution is -2.42. The minimum absolute atomic E-state index is 0.168. The fraction of sp³-hybridized carbons (Fsp3) is 0.933. The van der Waals surface area contributed by atoms with Crippen LogP contribution in [0, 0.1) is 5.92 Å². The van der Waals surface area contributed by atoms with E-state index in [1.165, 1.54) is 32.1 Å². The molecule has 3 heteroatoms. The molecular formula is C15H29NO2. The van der Waals surface area contributed by atoms with Crippen molar-refractivity contribution in [3.8, 4) is 0 Å². The maximum Gasteiger partial charge on any atom is 0.225 e. The number of carbonyl (C=O) groups excluding carboxylic acids is 1. The highest BCUT2D eigenvalue weighted by atomic mass is 16.3. The van der Waals surface area contributed by atoms with Gasteiger partial charge in [0.25, 0.3) is 0 Å². The van der Waals surface area contributed by atoms with E-state index in [0.717, 1.165) is 12.8 Å². The average molecular weight is 255 g/mol. The maximum atomic E-state index is 12.6. The van der Waals surface area contributed by atoms with E-state index in [0.29, 0.717) is 18.9 Å². The van der Waals surface area contributed by atoms with Crippen molar-refractivity contribution in [1.29, 1.82) is 0 Å². The number of amides is 1. The normalized spacial score (nSPS) is 18.4. The quantitative estimate of drug-likeness (QED) is 0.820. The molecule has 0 aromatic carbocycles. The van der Waals surface area contributed by atoms with E-state index in [9.17, 15) is 4.79 Å². The SMILES string of the molecule is CC(C)N(CCCO)C(=O)C1CCCCCCC1. The average Bonchev–Trinajstić information content (AvgIpc) is 2.28. The molecule has 0 aromatic heterocycles. The molecule has 1 amide bonds. The first-order valence-electron chi connectivity index (χ1n) is 7.58. The zero-order chi connectivity index (χ0) is 13.4. The molecule has 3 nitrogen and oxygen atoms in total. The molecule has 18 heavy (non-hydrogen) atoms. The highest BCUT2D eigenvalue weighted by Crippen LogP contribution is 2.24. The summed E-state index contributed by atoms with van der Waals surface area (Å²) >= 11 is 0. The van der Waals surface area contributed by atoms with Crippen LogP contribution in [0.5, 0.6) is 0 Å². The van der Waals surface area contributed by atoms with Crippen LogP contribution in [-0.2, 0) is 4.79 Å². The second kappa shape index (κ2) is 8.52. The fourth-order valence-corrected chi connectivity index (χ4v) is 2.80. The molecule has 106 valence electrons. The van der Waals surface area contributed by atoms with Crippen molar-refractivity contribution >= 4 is 5.91 Å². The van der Waals surface area contributed by atoms with Crippen molar-refractivity contribution in [1.82, 2.24) is 4.90 Å². The first kappa shape index (κ1) is 15.5. The van der Waals surface area contributed by atoms with Gasteiger partial charge in [0.1, 0.15) is 0 Å². The highest BCUT2D eigenvalue weighted by molar-refractivity contribution is 5.79. The van der Waals surface area contributed by atoms with Gasteiger partial charge >= 0.3 is 0 Å². The molecule has 1 rings (SSSR count). The van der Waals surface area contributed by atoms with Crippen molar-refractivity contribution in [2.24, 2.45) is 5.92 Å². The van der Waals surface area contributed by atoms with Crippen LogP contribution in [0.4, 0.5) is 0 Å². The van der Waals surface area contributed by atoms with Gasteiger partial charge < -0.3 is 10.0 Å². The molecule has 0 spiro atoms. The minimum Gasteiger partial charge on any atom is -0.396 e. The predicted molar refractivity (Wildman–Crippen MR) is 74.4 cm³/mol. The molecule has 0 bridgehead atoms. The molecule has 0 atom stereocenters. The van der Waals surface area contributed by atoms with Crippen molar-refractivity contribution in [2.45, 2.75) is 71.3 Å². The van der Waals surface area contributed by atoms with Crippen molar-refractivity contribution in [3.05, 3.63) is 0 Å². The predicted octanol–water partition coefficient (Wildman–Crippen LogP) is 2.97. The van der Waals surface area contributed by atoms with E-state index in [4.69, 9.17) is 5.11 Å². The molecule has 1 saturated carbocycles. The van der Waals surface area contributed by atoms with Crippen LogP contribution in [0.1, 0.15) is 65.2 Å². The van der Waals surface area contributed by atoms with Gasteiger partial charge in [-0.25, -0.2) is 0 Å². The van der Waals surface area contributed by atoms with Gasteiger partial charge in [0.2, 0.25) is 5.91 Å². The van der Waals surface area contributed by atoms with Gasteiger partial charge in [-0.15, -0.1) is 0 Å². The number of carbonyl (C=O) groups is 1. The molecule has 0 radical (unpaired) electrons. The van der Waals surface area contributed by atoms with Crippen LogP contribution in [0.3, 0.4) is 0 Å². The first-order chi connectivity index (χ1) is 8.66. The summed E-state index contributed by atoms with van der Waals surface area (Å²) in [5.41, 5.74) is 0. The molecule has 1 N–H and O–H groups in total. The molecule has 1 fully saturated rings. The van der Waals surface area contributed by atoms with E-state index in [-0.39, 0.29) is 18.6 Å². The Hall–Kier alpha value is -0.570. The lowest BCUT2D eigenvalue weighted by Gasteiger charge is -2.31. The fourth-order valence-electron chi connectivity index (χ4n) is 2.80. The third-order valence-corrected chi connectivity index (χ3v) is 3.92. The van der Waals surface area contributed by atoms with Crippen molar-refractivity contribution in [3.63, 3.8) is 0 Å². The van der Waals surface area contributed by atoms with Gasteiger partial charge in [0, 0.05) is 25.1 Å². The van der Waals surface area contributed by atoms with Crippen molar-refractivity contribution < 1.29 is 9.90 Å².